The van der Waals surface area contributed by atoms with E-state index < -0.39 is 23.7 Å². The van der Waals surface area contributed by atoms with Crippen molar-refractivity contribution in [1.82, 2.24) is 9.97 Å². The third-order valence-corrected chi connectivity index (χ3v) is 2.94. The molecule has 2 aromatic rings. The lowest BCUT2D eigenvalue weighted by atomic mass is 9.97. The summed E-state index contributed by atoms with van der Waals surface area (Å²) in [6.45, 7) is 1.49. The van der Waals surface area contributed by atoms with Crippen molar-refractivity contribution < 1.29 is 23.4 Å². The quantitative estimate of drug-likeness (QED) is 0.938. The van der Waals surface area contributed by atoms with Gasteiger partial charge in [-0.1, -0.05) is 0 Å². The summed E-state index contributed by atoms with van der Waals surface area (Å²) >= 11 is 0. The second-order valence-corrected chi connectivity index (χ2v) is 4.21. The third-order valence-electron chi connectivity index (χ3n) is 2.94. The molecule has 0 aliphatic carbocycles. The van der Waals surface area contributed by atoms with E-state index in [1.807, 2.05) is 0 Å². The van der Waals surface area contributed by atoms with Gasteiger partial charge in [0.15, 0.2) is 0 Å². The smallest absolute Gasteiger partial charge is 0.338 e. The van der Waals surface area contributed by atoms with Crippen molar-refractivity contribution in [1.29, 1.82) is 0 Å². The molecule has 0 saturated carbocycles. The Morgan fingerprint density at radius 3 is 2.43 bits per heavy atom. The van der Waals surface area contributed by atoms with Crippen molar-refractivity contribution in [2.24, 2.45) is 0 Å². The number of aryl methyl sites for hydroxylation is 1. The normalized spacial score (nSPS) is 10.7. The van der Waals surface area contributed by atoms with E-state index in [0.29, 0.717) is 5.56 Å². The van der Waals surface area contributed by atoms with Gasteiger partial charge in [0.05, 0.1) is 18.4 Å². The van der Waals surface area contributed by atoms with Crippen LogP contribution in [-0.2, 0) is 0 Å². The molecule has 2 rings (SSSR count). The van der Waals surface area contributed by atoms with Gasteiger partial charge in [0.2, 0.25) is 0 Å². The molecule has 0 unspecified atom stereocenters. The molecular formula is C14H12F2N2O3. The number of alkyl halides is 2. The van der Waals surface area contributed by atoms with Gasteiger partial charge in [0.1, 0.15) is 11.4 Å². The van der Waals surface area contributed by atoms with Gasteiger partial charge in [-0.05, 0) is 24.6 Å². The van der Waals surface area contributed by atoms with E-state index in [1.165, 1.54) is 38.6 Å². The summed E-state index contributed by atoms with van der Waals surface area (Å²) in [6, 6.07) is 3.05. The van der Waals surface area contributed by atoms with E-state index in [1.54, 1.807) is 0 Å². The maximum atomic E-state index is 13.1. The predicted octanol–water partition coefficient (Wildman–Crippen LogP) is 3.10. The van der Waals surface area contributed by atoms with Gasteiger partial charge in [0, 0.05) is 18.0 Å². The average Bonchev–Trinajstić information content (AvgIpc) is 2.46. The first-order valence-corrected chi connectivity index (χ1v) is 5.97. The largest absolute Gasteiger partial charge is 0.494 e. The third kappa shape index (κ3) is 2.67. The van der Waals surface area contributed by atoms with E-state index in [4.69, 9.17) is 4.74 Å². The van der Waals surface area contributed by atoms with E-state index in [0.717, 1.165) is 0 Å². The molecule has 0 aliphatic rings. The number of aromatic carboxylic acids is 1. The van der Waals surface area contributed by atoms with Gasteiger partial charge < -0.3 is 9.84 Å². The summed E-state index contributed by atoms with van der Waals surface area (Å²) in [7, 11) is 1.34. The lowest BCUT2D eigenvalue weighted by Gasteiger charge is -2.17. The number of hydrogen-bond donors (Lipinski definition) is 1. The molecule has 0 aromatic carbocycles. The van der Waals surface area contributed by atoms with E-state index in [-0.39, 0.29) is 17.0 Å². The number of carboxylic acids is 1. The van der Waals surface area contributed by atoms with Crippen molar-refractivity contribution in [3.05, 3.63) is 41.5 Å². The number of methoxy groups -OCH3 is 1. The van der Waals surface area contributed by atoms with Gasteiger partial charge in [-0.25, -0.2) is 18.6 Å². The molecule has 110 valence electrons. The molecule has 0 atom stereocenters. The van der Waals surface area contributed by atoms with Crippen LogP contribution in [0.1, 0.15) is 28.2 Å². The van der Waals surface area contributed by atoms with Gasteiger partial charge >= 0.3 is 5.97 Å². The summed E-state index contributed by atoms with van der Waals surface area (Å²) in [5.74, 6) is -1.33. The van der Waals surface area contributed by atoms with Crippen LogP contribution < -0.4 is 4.74 Å². The molecule has 0 spiro atoms. The molecule has 7 heteroatoms. The van der Waals surface area contributed by atoms with Crippen LogP contribution in [0, 0.1) is 6.92 Å². The number of carbonyl (C=O) groups is 1. The van der Waals surface area contributed by atoms with Crippen molar-refractivity contribution in [2.45, 2.75) is 13.3 Å². The highest BCUT2D eigenvalue weighted by molar-refractivity contribution is 5.99. The average molecular weight is 294 g/mol. The molecule has 21 heavy (non-hydrogen) atoms. The maximum absolute atomic E-state index is 13.1. The number of rotatable bonds is 4. The molecule has 2 heterocycles. The molecule has 2 aromatic heterocycles. The second-order valence-electron chi connectivity index (χ2n) is 4.21. The Morgan fingerprint density at radius 2 is 1.95 bits per heavy atom. The van der Waals surface area contributed by atoms with Crippen molar-refractivity contribution in [2.75, 3.05) is 7.11 Å². The molecule has 5 nitrogen and oxygen atoms in total. The van der Waals surface area contributed by atoms with Gasteiger partial charge in [-0.3, -0.25) is 4.98 Å². The zero-order valence-corrected chi connectivity index (χ0v) is 11.3. The number of aromatic nitrogens is 2. The lowest BCUT2D eigenvalue weighted by molar-refractivity contribution is 0.0682. The maximum Gasteiger partial charge on any atom is 0.338 e. The number of carboxylic acid groups (broad SMARTS) is 1. The highest BCUT2D eigenvalue weighted by atomic mass is 19.3. The molecule has 0 bridgehead atoms. The molecule has 0 amide bonds. The first-order chi connectivity index (χ1) is 9.97. The number of nitrogens with zero attached hydrogens (tertiary/aromatic N) is 2. The SMILES string of the molecule is COc1c(C)nc(C(F)F)c(C(=O)O)c1-c1ccncc1. The summed E-state index contributed by atoms with van der Waals surface area (Å²) in [5.41, 5.74) is -0.627. The summed E-state index contributed by atoms with van der Waals surface area (Å²) in [5, 5.41) is 9.32. The fourth-order valence-corrected chi connectivity index (χ4v) is 2.13. The van der Waals surface area contributed by atoms with Crippen LogP contribution >= 0.6 is 0 Å². The van der Waals surface area contributed by atoms with E-state index >= 15 is 0 Å². The monoisotopic (exact) mass is 294 g/mol. The highest BCUT2D eigenvalue weighted by Gasteiger charge is 2.28. The number of ether oxygens (including phenoxy) is 1. The Labute approximate surface area is 119 Å². The van der Waals surface area contributed by atoms with E-state index in [2.05, 4.69) is 9.97 Å². The summed E-state index contributed by atoms with van der Waals surface area (Å²) in [4.78, 5) is 19.0. The molecule has 0 radical (unpaired) electrons. The molecule has 0 fully saturated rings. The molecular weight excluding hydrogens is 282 g/mol. The fraction of sp³-hybridized carbons (Fsp3) is 0.214. The molecule has 0 saturated heterocycles. The topological polar surface area (TPSA) is 72.3 Å². The van der Waals surface area contributed by atoms with Gasteiger partial charge in [0.25, 0.3) is 6.43 Å². The minimum Gasteiger partial charge on any atom is -0.494 e. The van der Waals surface area contributed by atoms with Crippen LogP contribution in [0.3, 0.4) is 0 Å². The fourth-order valence-electron chi connectivity index (χ4n) is 2.13. The van der Waals surface area contributed by atoms with E-state index in [9.17, 15) is 18.7 Å². The number of hydrogen-bond acceptors (Lipinski definition) is 4. The zero-order chi connectivity index (χ0) is 15.6. The Balaban J connectivity index is 2.90. The van der Waals surface area contributed by atoms with Crippen molar-refractivity contribution in [3.63, 3.8) is 0 Å². The van der Waals surface area contributed by atoms with Crippen LogP contribution in [0.15, 0.2) is 24.5 Å². The predicted molar refractivity (Wildman–Crippen MR) is 70.7 cm³/mol. The summed E-state index contributed by atoms with van der Waals surface area (Å²) < 4.78 is 31.4. The highest BCUT2D eigenvalue weighted by Crippen LogP contribution is 2.39. The second kappa shape index (κ2) is 5.82. The summed E-state index contributed by atoms with van der Waals surface area (Å²) in [6.07, 6.45) is -0.113. The minimum absolute atomic E-state index is 0.0789. The van der Waals surface area contributed by atoms with Crippen LogP contribution in [0.2, 0.25) is 0 Å². The van der Waals surface area contributed by atoms with Crippen LogP contribution in [0.5, 0.6) is 5.75 Å². The Bertz CT molecular complexity index is 676. The molecule has 0 aliphatic heterocycles. The Hall–Kier alpha value is -2.57. The van der Waals surface area contributed by atoms with Crippen LogP contribution in [0.4, 0.5) is 8.78 Å². The van der Waals surface area contributed by atoms with Crippen LogP contribution in [-0.4, -0.2) is 28.2 Å². The van der Waals surface area contributed by atoms with Gasteiger partial charge in [-0.2, -0.15) is 0 Å². The Morgan fingerprint density at radius 1 is 1.33 bits per heavy atom. The first-order valence-electron chi connectivity index (χ1n) is 5.97. The van der Waals surface area contributed by atoms with Crippen molar-refractivity contribution >= 4 is 5.97 Å². The lowest BCUT2D eigenvalue weighted by Crippen LogP contribution is -2.11. The number of halogens is 2. The van der Waals surface area contributed by atoms with Gasteiger partial charge in [-0.15, -0.1) is 0 Å². The van der Waals surface area contributed by atoms with Crippen molar-refractivity contribution in [3.8, 4) is 16.9 Å². The standard InChI is InChI=1S/C14H12F2N2O3/c1-7-12(21-2)9(8-3-5-17-6-4-8)10(14(19)20)11(18-7)13(15)16/h3-6,13H,1-2H3,(H,19,20). The zero-order valence-electron chi connectivity index (χ0n) is 11.3. The number of pyridine rings is 2. The minimum atomic E-state index is -3.00. The first kappa shape index (κ1) is 14.8. The van der Waals surface area contributed by atoms with Crippen LogP contribution in [0.25, 0.3) is 11.1 Å². The Kier molecular flexibility index (Phi) is 4.11. The molecule has 1 N–H and O–H groups in total.